The molecule has 0 saturated heterocycles. The summed E-state index contributed by atoms with van der Waals surface area (Å²) in [5.74, 6) is 6.36. The van der Waals surface area contributed by atoms with Crippen molar-refractivity contribution in [3.05, 3.63) is 30.3 Å². The fraction of sp³-hybridized carbons (Fsp3) is 0.882. The van der Waals surface area contributed by atoms with Crippen LogP contribution >= 0.6 is 23.8 Å². The Kier molecular flexibility index (Phi) is 19.2. The van der Waals surface area contributed by atoms with Crippen molar-refractivity contribution in [2.45, 2.75) is 193 Å². The van der Waals surface area contributed by atoms with Gasteiger partial charge in [-0.2, -0.15) is 18.2 Å². The van der Waals surface area contributed by atoms with Crippen molar-refractivity contribution in [3.8, 4) is 0 Å². The van der Waals surface area contributed by atoms with Crippen LogP contribution in [0.4, 0.5) is 0 Å². The third-order valence-corrected chi connectivity index (χ3v) is 26.6. The lowest BCUT2D eigenvalue weighted by atomic mass is 9.25. The first-order chi connectivity index (χ1) is 27.2. The summed E-state index contributed by atoms with van der Waals surface area (Å²) in [5, 5.41) is 0. The smallest absolute Gasteiger partial charge is 0.0410 e. The second-order valence-corrected chi connectivity index (χ2v) is 28.9. The van der Waals surface area contributed by atoms with Gasteiger partial charge in [0.25, 0.3) is 0 Å². The molecule has 0 bridgehead atoms. The average molecular weight is 806 g/mol. The van der Waals surface area contributed by atoms with Crippen molar-refractivity contribution in [2.75, 3.05) is 55.2 Å². The van der Waals surface area contributed by atoms with Gasteiger partial charge in [-0.25, -0.2) is 5.46 Å². The van der Waals surface area contributed by atoms with Gasteiger partial charge in [0.1, 0.15) is 0 Å². The Hall–Kier alpha value is 0.575. The van der Waals surface area contributed by atoms with Crippen molar-refractivity contribution in [3.63, 3.8) is 0 Å². The van der Waals surface area contributed by atoms with Crippen LogP contribution in [0.5, 0.6) is 0 Å². The van der Waals surface area contributed by atoms with Gasteiger partial charge in [0, 0.05) is 6.15 Å². The first-order valence-electron chi connectivity index (χ1n) is 25.6. The van der Waals surface area contributed by atoms with E-state index in [-0.39, 0.29) is 23.8 Å². The Labute approximate surface area is 347 Å². The Balaban J connectivity index is 1.25. The topological polar surface area (TPSA) is 0 Å². The largest absolute Gasteiger partial charge is 0.209 e. The lowest BCUT2D eigenvalue weighted by Gasteiger charge is -2.51. The molecule has 6 aliphatic rings. The van der Waals surface area contributed by atoms with Crippen molar-refractivity contribution in [1.82, 2.24) is 0 Å². The molecule has 0 spiro atoms. The molecule has 6 aliphatic carbocycles. The normalized spacial score (nSPS) is 24.3. The molecule has 312 valence electrons. The van der Waals surface area contributed by atoms with Crippen molar-refractivity contribution in [1.29, 1.82) is 0 Å². The molecule has 0 aliphatic heterocycles. The van der Waals surface area contributed by atoms with Crippen LogP contribution in [0.2, 0.25) is 0 Å². The number of hydrogen-bond donors (Lipinski definition) is 0. The number of rotatable bonds is 19. The van der Waals surface area contributed by atoms with E-state index in [0.29, 0.717) is 0 Å². The maximum absolute atomic E-state index is 2.76. The van der Waals surface area contributed by atoms with Crippen LogP contribution in [0.3, 0.4) is 0 Å². The average Bonchev–Trinajstić information content (AvgIpc) is 3.23. The van der Waals surface area contributed by atoms with Gasteiger partial charge >= 0.3 is 0 Å². The SMILES string of the molecule is c1ccc([B-](CP(CC2CCCCC2)CC2CCCCC2)(CP(CC2CCCCC2)CC2CCCCC2)CP(CC2CCCCC2)CC2CCCCC2)cc1. The molecular formula is C51H89BP3-. The Morgan fingerprint density at radius 3 is 0.745 bits per heavy atom. The molecule has 0 nitrogen and oxygen atoms in total. The Morgan fingerprint density at radius 2 is 0.527 bits per heavy atom. The molecule has 1 aromatic carbocycles. The molecule has 0 amide bonds. The van der Waals surface area contributed by atoms with Gasteiger partial charge in [0.05, 0.1) is 0 Å². The third kappa shape index (κ3) is 14.6. The number of benzene rings is 1. The maximum Gasteiger partial charge on any atom is 0.0410 e. The van der Waals surface area contributed by atoms with Gasteiger partial charge in [-0.15, -0.1) is 23.8 Å². The van der Waals surface area contributed by atoms with E-state index in [4.69, 9.17) is 0 Å². The standard InChI is InChI=1S/C51H89BP3/c1-8-22-45(23-9-1)36-53(37-46-24-10-2-11-25-46)42-52(51-34-20-7-21-35-51,43-54(38-47-26-12-3-13-27-47)39-48-28-14-4-15-29-48)44-55(40-49-30-16-5-17-31-49)41-50-32-18-6-19-33-50/h7,20-21,34-35,45-50H,1-6,8-19,22-33,36-44H2/q-1. The maximum atomic E-state index is 2.76. The fourth-order valence-electron chi connectivity index (χ4n) is 13.9. The van der Waals surface area contributed by atoms with E-state index in [0.717, 1.165) is 35.5 Å². The summed E-state index contributed by atoms with van der Waals surface area (Å²) in [7, 11) is 0.274. The van der Waals surface area contributed by atoms with Crippen LogP contribution in [0.25, 0.3) is 0 Å². The second-order valence-electron chi connectivity index (χ2n) is 21.6. The summed E-state index contributed by atoms with van der Waals surface area (Å²) < 4.78 is 0. The van der Waals surface area contributed by atoms with Gasteiger partial charge in [0.2, 0.25) is 0 Å². The lowest BCUT2D eigenvalue weighted by Crippen LogP contribution is -2.58. The monoisotopic (exact) mass is 806 g/mol. The van der Waals surface area contributed by atoms with E-state index in [1.54, 1.807) is 132 Å². The molecule has 1 aromatic rings. The molecule has 0 atom stereocenters. The predicted molar refractivity (Wildman–Crippen MR) is 256 cm³/mol. The summed E-state index contributed by atoms with van der Waals surface area (Å²) in [5.41, 5.74) is 1.92. The van der Waals surface area contributed by atoms with Crippen molar-refractivity contribution >= 4 is 35.4 Å². The minimum atomic E-state index is -0.557. The van der Waals surface area contributed by atoms with Crippen LogP contribution in [0.15, 0.2) is 30.3 Å². The van der Waals surface area contributed by atoms with Crippen molar-refractivity contribution in [2.24, 2.45) is 35.5 Å². The molecule has 0 heterocycles. The highest BCUT2D eigenvalue weighted by Gasteiger charge is 2.38. The van der Waals surface area contributed by atoms with E-state index >= 15 is 0 Å². The zero-order valence-electron chi connectivity index (χ0n) is 36.3. The van der Waals surface area contributed by atoms with Gasteiger partial charge in [-0.3, -0.25) is 0 Å². The lowest BCUT2D eigenvalue weighted by molar-refractivity contribution is 0.380. The summed E-state index contributed by atoms with van der Waals surface area (Å²) >= 11 is 0. The quantitative estimate of drug-likeness (QED) is 0.0965. The van der Waals surface area contributed by atoms with E-state index in [9.17, 15) is 0 Å². The minimum absolute atomic E-state index is 0.0914. The van der Waals surface area contributed by atoms with Gasteiger partial charge in [-0.05, 0) is 72.5 Å². The molecule has 7 rings (SSSR count). The van der Waals surface area contributed by atoms with Crippen LogP contribution in [-0.4, -0.2) is 61.3 Å². The molecule has 0 radical (unpaired) electrons. The van der Waals surface area contributed by atoms with Crippen LogP contribution in [-0.2, 0) is 0 Å². The molecule has 0 aromatic heterocycles. The van der Waals surface area contributed by atoms with Gasteiger partial charge < -0.3 is 0 Å². The first kappa shape index (κ1) is 43.7. The fourth-order valence-corrected chi connectivity index (χ4v) is 26.8. The van der Waals surface area contributed by atoms with Crippen LogP contribution in [0, 0.1) is 35.5 Å². The zero-order chi connectivity index (χ0) is 37.4. The third-order valence-electron chi connectivity index (χ3n) is 16.8. The number of hydrogen-bond acceptors (Lipinski definition) is 0. The van der Waals surface area contributed by atoms with Gasteiger partial charge in [0.15, 0.2) is 0 Å². The Morgan fingerprint density at radius 1 is 0.309 bits per heavy atom. The van der Waals surface area contributed by atoms with E-state index < -0.39 is 6.15 Å². The second kappa shape index (κ2) is 24.1. The molecule has 4 heteroatoms. The molecule has 0 N–H and O–H groups in total. The highest BCUT2D eigenvalue weighted by atomic mass is 31.1. The molecule has 6 fully saturated rings. The summed E-state index contributed by atoms with van der Waals surface area (Å²) in [6.07, 6.45) is 55.8. The first-order valence-corrected chi connectivity index (χ1v) is 31.3. The summed E-state index contributed by atoms with van der Waals surface area (Å²) in [6, 6.07) is 18.0. The molecule has 6 saturated carbocycles. The Bertz CT molecular complexity index is 966. The predicted octanol–water partition coefficient (Wildman–Crippen LogP) is 15.9. The van der Waals surface area contributed by atoms with E-state index in [1.165, 1.54) is 116 Å². The molecular weight excluding hydrogens is 716 g/mol. The van der Waals surface area contributed by atoms with Crippen LogP contribution in [0.1, 0.15) is 193 Å². The molecule has 55 heavy (non-hydrogen) atoms. The zero-order valence-corrected chi connectivity index (χ0v) is 39.0. The summed E-state index contributed by atoms with van der Waals surface area (Å²) in [4.78, 5) is 0. The minimum Gasteiger partial charge on any atom is -0.209 e. The van der Waals surface area contributed by atoms with Gasteiger partial charge in [-0.1, -0.05) is 223 Å². The van der Waals surface area contributed by atoms with Crippen LogP contribution < -0.4 is 5.46 Å². The summed E-state index contributed by atoms with van der Waals surface area (Å²) in [6.45, 7) is 0. The highest BCUT2D eigenvalue weighted by Crippen LogP contribution is 2.55. The van der Waals surface area contributed by atoms with Crippen molar-refractivity contribution < 1.29 is 0 Å². The van der Waals surface area contributed by atoms with E-state index in [2.05, 4.69) is 30.3 Å². The molecule has 0 unspecified atom stereocenters. The highest BCUT2D eigenvalue weighted by molar-refractivity contribution is 7.68. The van der Waals surface area contributed by atoms with E-state index in [1.807, 2.05) is 5.46 Å².